The molecule has 0 aliphatic carbocycles. The van der Waals surface area contributed by atoms with Gasteiger partial charge in [0.05, 0.1) is 5.56 Å². The van der Waals surface area contributed by atoms with Crippen molar-refractivity contribution in [1.29, 1.82) is 0 Å². The molecule has 1 aromatic carbocycles. The molecule has 5 nitrogen and oxygen atoms in total. The van der Waals surface area contributed by atoms with Crippen molar-refractivity contribution in [2.24, 2.45) is 0 Å². The molecule has 0 atom stereocenters. The van der Waals surface area contributed by atoms with Crippen LogP contribution in [0, 0.1) is 0 Å². The lowest BCUT2D eigenvalue weighted by Gasteiger charge is -2.31. The smallest absolute Gasteiger partial charge is 0.255 e. The fraction of sp³-hybridized carbons (Fsp3) is 0.444. The number of amides is 2. The maximum atomic E-state index is 12.4. The second kappa shape index (κ2) is 8.20. The van der Waals surface area contributed by atoms with Crippen molar-refractivity contribution in [2.75, 3.05) is 19.6 Å². The van der Waals surface area contributed by atoms with Gasteiger partial charge in [-0.2, -0.15) is 0 Å². The largest absolute Gasteiger partial charge is 0.489 e. The number of carbonyl (C=O) groups excluding carboxylic acids is 2. The number of nitrogens with zero attached hydrogens (tertiary/aromatic N) is 1. The van der Waals surface area contributed by atoms with Crippen LogP contribution < -0.4 is 10.1 Å². The first-order valence-corrected chi connectivity index (χ1v) is 8.39. The van der Waals surface area contributed by atoms with Gasteiger partial charge in [-0.25, -0.2) is 0 Å². The number of piperidine rings is 1. The normalized spacial score (nSPS) is 15.0. The SMILES string of the molecule is C=C(C)CNC(=O)c1cc(Cl)ccc1OC1CCN(C(C)=O)CC1. The Hall–Kier alpha value is -2.01. The lowest BCUT2D eigenvalue weighted by Crippen LogP contribution is -2.40. The molecular formula is C18H23ClN2O3. The quantitative estimate of drug-likeness (QED) is 0.830. The van der Waals surface area contributed by atoms with E-state index >= 15 is 0 Å². The summed E-state index contributed by atoms with van der Waals surface area (Å²) in [5, 5.41) is 3.28. The fourth-order valence-electron chi connectivity index (χ4n) is 2.58. The number of rotatable bonds is 5. The Morgan fingerprint density at radius 1 is 1.33 bits per heavy atom. The van der Waals surface area contributed by atoms with Crippen molar-refractivity contribution in [2.45, 2.75) is 32.8 Å². The van der Waals surface area contributed by atoms with Crippen LogP contribution in [0.15, 0.2) is 30.4 Å². The zero-order valence-corrected chi connectivity index (χ0v) is 14.9. The van der Waals surface area contributed by atoms with E-state index in [2.05, 4.69) is 11.9 Å². The van der Waals surface area contributed by atoms with Gasteiger partial charge in [0.2, 0.25) is 5.91 Å². The van der Waals surface area contributed by atoms with Crippen LogP contribution in [0.25, 0.3) is 0 Å². The number of benzene rings is 1. The maximum absolute atomic E-state index is 12.4. The van der Waals surface area contributed by atoms with Crippen molar-refractivity contribution in [3.05, 3.63) is 40.9 Å². The Labute approximate surface area is 147 Å². The minimum atomic E-state index is -0.239. The van der Waals surface area contributed by atoms with E-state index in [0.29, 0.717) is 36.0 Å². The Kier molecular flexibility index (Phi) is 6.26. The second-order valence-electron chi connectivity index (χ2n) is 6.10. The monoisotopic (exact) mass is 350 g/mol. The Morgan fingerprint density at radius 2 is 2.00 bits per heavy atom. The van der Waals surface area contributed by atoms with Crippen LogP contribution in [-0.2, 0) is 4.79 Å². The van der Waals surface area contributed by atoms with E-state index in [1.807, 2.05) is 11.8 Å². The van der Waals surface area contributed by atoms with Gasteiger partial charge in [-0.3, -0.25) is 9.59 Å². The molecule has 6 heteroatoms. The summed E-state index contributed by atoms with van der Waals surface area (Å²) >= 11 is 6.02. The molecule has 1 heterocycles. The first kappa shape index (κ1) is 18.3. The second-order valence-corrected chi connectivity index (χ2v) is 6.54. The van der Waals surface area contributed by atoms with Gasteiger partial charge >= 0.3 is 0 Å². The highest BCUT2D eigenvalue weighted by atomic mass is 35.5. The van der Waals surface area contributed by atoms with Crippen LogP contribution >= 0.6 is 11.6 Å². The van der Waals surface area contributed by atoms with Gasteiger partial charge in [0.25, 0.3) is 5.91 Å². The molecule has 2 rings (SSSR count). The first-order valence-electron chi connectivity index (χ1n) is 8.01. The van der Waals surface area contributed by atoms with Crippen molar-refractivity contribution < 1.29 is 14.3 Å². The number of ether oxygens (including phenoxy) is 1. The Balaban J connectivity index is 2.06. The summed E-state index contributed by atoms with van der Waals surface area (Å²) in [6, 6.07) is 5.03. The highest BCUT2D eigenvalue weighted by Gasteiger charge is 2.23. The van der Waals surface area contributed by atoms with Gasteiger partial charge in [-0.1, -0.05) is 23.8 Å². The zero-order chi connectivity index (χ0) is 17.7. The van der Waals surface area contributed by atoms with E-state index in [4.69, 9.17) is 16.3 Å². The van der Waals surface area contributed by atoms with Crippen molar-refractivity contribution in [3.63, 3.8) is 0 Å². The molecule has 24 heavy (non-hydrogen) atoms. The first-order chi connectivity index (χ1) is 11.4. The van der Waals surface area contributed by atoms with E-state index < -0.39 is 0 Å². The third-order valence-corrected chi connectivity index (χ3v) is 4.15. The van der Waals surface area contributed by atoms with Crippen LogP contribution in [-0.4, -0.2) is 42.5 Å². The molecule has 1 N–H and O–H groups in total. The number of likely N-dealkylation sites (tertiary alicyclic amines) is 1. The van der Waals surface area contributed by atoms with E-state index in [-0.39, 0.29) is 17.9 Å². The van der Waals surface area contributed by atoms with Crippen LogP contribution in [0.1, 0.15) is 37.0 Å². The molecule has 0 saturated carbocycles. The van der Waals surface area contributed by atoms with Gasteiger partial charge in [0, 0.05) is 44.4 Å². The Morgan fingerprint density at radius 3 is 2.58 bits per heavy atom. The summed E-state index contributed by atoms with van der Waals surface area (Å²) in [5.41, 5.74) is 1.28. The molecule has 1 aromatic rings. The fourth-order valence-corrected chi connectivity index (χ4v) is 2.75. The maximum Gasteiger partial charge on any atom is 0.255 e. The topological polar surface area (TPSA) is 58.6 Å². The predicted octanol–water partition coefficient (Wildman–Crippen LogP) is 3.04. The molecular weight excluding hydrogens is 328 g/mol. The third-order valence-electron chi connectivity index (χ3n) is 3.92. The molecule has 1 saturated heterocycles. The average molecular weight is 351 g/mol. The number of nitrogens with one attached hydrogen (secondary N) is 1. The number of hydrogen-bond donors (Lipinski definition) is 1. The van der Waals surface area contributed by atoms with Crippen molar-refractivity contribution >= 4 is 23.4 Å². The van der Waals surface area contributed by atoms with E-state index in [9.17, 15) is 9.59 Å². The average Bonchev–Trinajstić information content (AvgIpc) is 2.54. The lowest BCUT2D eigenvalue weighted by atomic mass is 10.1. The van der Waals surface area contributed by atoms with Gasteiger partial charge in [0.15, 0.2) is 0 Å². The third kappa shape index (κ3) is 4.99. The summed E-state index contributed by atoms with van der Waals surface area (Å²) in [4.78, 5) is 25.6. The van der Waals surface area contributed by atoms with E-state index in [1.165, 1.54) is 0 Å². The Bertz CT molecular complexity index is 637. The molecule has 0 unspecified atom stereocenters. The molecule has 0 spiro atoms. The van der Waals surface area contributed by atoms with E-state index in [1.54, 1.807) is 25.1 Å². The summed E-state index contributed by atoms with van der Waals surface area (Å²) in [5.74, 6) is 0.358. The van der Waals surface area contributed by atoms with Crippen LogP contribution in [0.3, 0.4) is 0 Å². The summed E-state index contributed by atoms with van der Waals surface area (Å²) in [6.07, 6.45) is 1.47. The molecule has 0 bridgehead atoms. The van der Waals surface area contributed by atoms with Crippen LogP contribution in [0.4, 0.5) is 0 Å². The summed E-state index contributed by atoms with van der Waals surface area (Å²) < 4.78 is 6.02. The van der Waals surface area contributed by atoms with Crippen LogP contribution in [0.2, 0.25) is 5.02 Å². The standard InChI is InChI=1S/C18H23ClN2O3/c1-12(2)11-20-18(23)16-10-14(19)4-5-17(16)24-15-6-8-21(9-7-15)13(3)22/h4-5,10,15H,1,6-9,11H2,2-3H3,(H,20,23). The predicted molar refractivity (Wildman–Crippen MR) is 94.5 cm³/mol. The summed E-state index contributed by atoms with van der Waals surface area (Å²) in [7, 11) is 0. The van der Waals surface area contributed by atoms with Gasteiger partial charge in [-0.15, -0.1) is 0 Å². The van der Waals surface area contributed by atoms with Crippen LogP contribution in [0.5, 0.6) is 5.75 Å². The van der Waals surface area contributed by atoms with Crippen molar-refractivity contribution in [1.82, 2.24) is 10.2 Å². The zero-order valence-electron chi connectivity index (χ0n) is 14.1. The molecule has 1 aliphatic rings. The molecule has 1 fully saturated rings. The highest BCUT2D eigenvalue weighted by molar-refractivity contribution is 6.31. The van der Waals surface area contributed by atoms with Gasteiger partial charge in [0.1, 0.15) is 11.9 Å². The molecule has 130 valence electrons. The molecule has 2 amide bonds. The molecule has 1 aliphatic heterocycles. The van der Waals surface area contributed by atoms with Gasteiger partial charge in [-0.05, 0) is 25.1 Å². The molecule has 0 radical (unpaired) electrons. The summed E-state index contributed by atoms with van der Waals surface area (Å²) in [6.45, 7) is 8.94. The highest BCUT2D eigenvalue weighted by Crippen LogP contribution is 2.26. The number of hydrogen-bond acceptors (Lipinski definition) is 3. The van der Waals surface area contributed by atoms with Crippen molar-refractivity contribution in [3.8, 4) is 5.75 Å². The van der Waals surface area contributed by atoms with Gasteiger partial charge < -0.3 is 15.0 Å². The minimum Gasteiger partial charge on any atom is -0.489 e. The van der Waals surface area contributed by atoms with E-state index in [0.717, 1.165) is 18.4 Å². The number of carbonyl (C=O) groups is 2. The molecule has 0 aromatic heterocycles. The number of halogens is 1. The minimum absolute atomic E-state index is 0.0190. The lowest BCUT2D eigenvalue weighted by molar-refractivity contribution is -0.130.